The lowest BCUT2D eigenvalue weighted by Crippen LogP contribution is -2.23. The normalized spacial score (nSPS) is 11.7. The summed E-state index contributed by atoms with van der Waals surface area (Å²) in [6.45, 7) is -0.0733. The number of carbonyl (C=O) groups excluding carboxylic acids is 1. The molecule has 0 spiro atoms. The van der Waals surface area contributed by atoms with Crippen molar-refractivity contribution < 1.29 is 19.2 Å². The van der Waals surface area contributed by atoms with Crippen LogP contribution in [0.3, 0.4) is 0 Å². The fourth-order valence-electron chi connectivity index (χ4n) is 1.14. The van der Waals surface area contributed by atoms with Gasteiger partial charge in [-0.1, -0.05) is 22.0 Å². The molecule has 0 amide bonds. The van der Waals surface area contributed by atoms with E-state index in [9.17, 15) is 14.9 Å². The van der Waals surface area contributed by atoms with E-state index in [-0.39, 0.29) is 18.0 Å². The van der Waals surface area contributed by atoms with Crippen molar-refractivity contribution in [3.05, 3.63) is 32.8 Å². The molecule has 0 saturated heterocycles. The second kappa shape index (κ2) is 6.69. The van der Waals surface area contributed by atoms with Gasteiger partial charge < -0.3 is 9.47 Å². The maximum Gasteiger partial charge on any atom is 0.322 e. The van der Waals surface area contributed by atoms with Gasteiger partial charge in [-0.2, -0.15) is 0 Å². The Morgan fingerprint density at radius 1 is 1.56 bits per heavy atom. The fourth-order valence-corrected chi connectivity index (χ4v) is 1.93. The molecule has 0 radical (unpaired) electrons. The topological polar surface area (TPSA) is 78.7 Å². The van der Waals surface area contributed by atoms with Crippen LogP contribution in [0, 0.1) is 10.1 Å². The molecule has 0 aliphatic carbocycles. The summed E-state index contributed by atoms with van der Waals surface area (Å²) in [5.74, 6) is -0.430. The molecule has 1 unspecified atom stereocenters. The highest BCUT2D eigenvalue weighted by Crippen LogP contribution is 2.34. The van der Waals surface area contributed by atoms with Crippen molar-refractivity contribution in [2.45, 2.75) is 4.83 Å². The van der Waals surface area contributed by atoms with Crippen molar-refractivity contribution in [2.75, 3.05) is 13.7 Å². The highest BCUT2D eigenvalue weighted by atomic mass is 79.9. The lowest BCUT2D eigenvalue weighted by atomic mass is 10.3. The monoisotopic (exact) mass is 381 g/mol. The molecule has 0 saturated carbocycles. The summed E-state index contributed by atoms with van der Waals surface area (Å²) >= 11 is 6.22. The summed E-state index contributed by atoms with van der Waals surface area (Å²) in [7, 11) is 1.25. The zero-order valence-corrected chi connectivity index (χ0v) is 12.4. The average Bonchev–Trinajstić information content (AvgIpc) is 2.35. The first-order valence-electron chi connectivity index (χ1n) is 4.75. The molecular weight excluding hydrogens is 374 g/mol. The molecule has 1 atom stereocenters. The predicted octanol–water partition coefficient (Wildman–Crippen LogP) is 2.67. The number of hydrogen-bond acceptors (Lipinski definition) is 5. The number of esters is 1. The van der Waals surface area contributed by atoms with Gasteiger partial charge in [-0.3, -0.25) is 14.9 Å². The quantitative estimate of drug-likeness (QED) is 0.338. The van der Waals surface area contributed by atoms with Crippen molar-refractivity contribution in [2.24, 2.45) is 0 Å². The van der Waals surface area contributed by atoms with Crippen LogP contribution in [0.2, 0.25) is 0 Å². The minimum atomic E-state index is -0.686. The highest BCUT2D eigenvalue weighted by molar-refractivity contribution is 9.10. The molecule has 0 aliphatic heterocycles. The predicted molar refractivity (Wildman–Crippen MR) is 71.0 cm³/mol. The summed E-state index contributed by atoms with van der Waals surface area (Å²) in [6.07, 6.45) is 0. The van der Waals surface area contributed by atoms with Gasteiger partial charge >= 0.3 is 11.7 Å². The van der Waals surface area contributed by atoms with Crippen LogP contribution in [0.5, 0.6) is 5.75 Å². The summed E-state index contributed by atoms with van der Waals surface area (Å²) < 4.78 is 10.2. The number of halogens is 2. The molecule has 1 rings (SSSR count). The second-order valence-corrected chi connectivity index (χ2v) is 5.11. The first kappa shape index (κ1) is 14.9. The lowest BCUT2D eigenvalue weighted by Gasteiger charge is -2.11. The van der Waals surface area contributed by atoms with Gasteiger partial charge in [-0.05, 0) is 22.0 Å². The van der Waals surface area contributed by atoms with Crippen LogP contribution in [0.25, 0.3) is 0 Å². The van der Waals surface area contributed by atoms with Crippen LogP contribution in [-0.4, -0.2) is 29.4 Å². The van der Waals surface area contributed by atoms with Crippen LogP contribution in [0.4, 0.5) is 5.69 Å². The minimum absolute atomic E-state index is 0.0733. The van der Waals surface area contributed by atoms with E-state index in [4.69, 9.17) is 4.74 Å². The van der Waals surface area contributed by atoms with E-state index >= 15 is 0 Å². The van der Waals surface area contributed by atoms with Crippen LogP contribution in [-0.2, 0) is 9.53 Å². The van der Waals surface area contributed by atoms with Crippen molar-refractivity contribution in [3.8, 4) is 5.75 Å². The number of para-hydroxylation sites is 1. The van der Waals surface area contributed by atoms with Crippen LogP contribution in [0.1, 0.15) is 0 Å². The number of benzene rings is 1. The number of methoxy groups -OCH3 is 1. The largest absolute Gasteiger partial charge is 0.484 e. The number of carbonyl (C=O) groups is 1. The van der Waals surface area contributed by atoms with E-state index in [0.717, 1.165) is 0 Å². The van der Waals surface area contributed by atoms with Gasteiger partial charge in [-0.15, -0.1) is 0 Å². The van der Waals surface area contributed by atoms with Gasteiger partial charge in [0.2, 0.25) is 5.75 Å². The van der Waals surface area contributed by atoms with Crippen LogP contribution in [0.15, 0.2) is 22.7 Å². The van der Waals surface area contributed by atoms with E-state index in [2.05, 4.69) is 36.6 Å². The Hall–Kier alpha value is -1.15. The van der Waals surface area contributed by atoms with E-state index in [1.807, 2.05) is 0 Å². The zero-order valence-electron chi connectivity index (χ0n) is 9.26. The number of rotatable bonds is 5. The Morgan fingerprint density at radius 2 is 2.22 bits per heavy atom. The number of nitro groups is 1. The molecule has 98 valence electrons. The molecule has 0 aromatic heterocycles. The smallest absolute Gasteiger partial charge is 0.322 e. The van der Waals surface area contributed by atoms with Gasteiger partial charge in [0.1, 0.15) is 11.4 Å². The molecule has 6 nitrogen and oxygen atoms in total. The Kier molecular flexibility index (Phi) is 5.54. The van der Waals surface area contributed by atoms with Gasteiger partial charge in [0.05, 0.1) is 16.5 Å². The Balaban J connectivity index is 2.84. The third-order valence-electron chi connectivity index (χ3n) is 1.97. The molecular formula is C10H9Br2NO5. The molecule has 18 heavy (non-hydrogen) atoms. The van der Waals surface area contributed by atoms with E-state index in [1.165, 1.54) is 19.2 Å². The van der Waals surface area contributed by atoms with Crippen molar-refractivity contribution in [1.29, 1.82) is 0 Å². The fraction of sp³-hybridized carbons (Fsp3) is 0.300. The summed E-state index contributed by atoms with van der Waals surface area (Å²) in [5.41, 5.74) is -0.172. The summed E-state index contributed by atoms with van der Waals surface area (Å²) in [4.78, 5) is 20.7. The van der Waals surface area contributed by atoms with Crippen molar-refractivity contribution in [3.63, 3.8) is 0 Å². The second-order valence-electron chi connectivity index (χ2n) is 3.15. The van der Waals surface area contributed by atoms with E-state index in [0.29, 0.717) is 4.47 Å². The van der Waals surface area contributed by atoms with Crippen LogP contribution < -0.4 is 4.74 Å². The Morgan fingerprint density at radius 3 is 2.78 bits per heavy atom. The van der Waals surface area contributed by atoms with Gasteiger partial charge in [-0.25, -0.2) is 0 Å². The third-order valence-corrected chi connectivity index (χ3v) is 3.24. The maximum atomic E-state index is 11.1. The lowest BCUT2D eigenvalue weighted by molar-refractivity contribution is -0.385. The average molecular weight is 383 g/mol. The number of alkyl halides is 1. The Labute approximate surface area is 120 Å². The minimum Gasteiger partial charge on any atom is -0.484 e. The van der Waals surface area contributed by atoms with E-state index in [1.54, 1.807) is 6.07 Å². The molecule has 0 fully saturated rings. The molecule has 1 aromatic carbocycles. The first-order valence-corrected chi connectivity index (χ1v) is 6.45. The molecule has 0 bridgehead atoms. The van der Waals surface area contributed by atoms with E-state index < -0.39 is 15.7 Å². The van der Waals surface area contributed by atoms with Crippen molar-refractivity contribution in [1.82, 2.24) is 0 Å². The molecule has 8 heteroatoms. The van der Waals surface area contributed by atoms with Gasteiger partial charge in [0, 0.05) is 6.07 Å². The van der Waals surface area contributed by atoms with Gasteiger partial charge in [0.25, 0.3) is 0 Å². The molecule has 1 aromatic rings. The molecule has 0 N–H and O–H groups in total. The first-order chi connectivity index (χ1) is 8.47. The zero-order chi connectivity index (χ0) is 13.7. The third kappa shape index (κ3) is 3.67. The maximum absolute atomic E-state index is 11.1. The number of ether oxygens (including phenoxy) is 2. The molecule has 0 heterocycles. The number of nitro benzene ring substituents is 1. The Bertz CT molecular complexity index is 466. The number of nitrogens with zero attached hydrogens (tertiary/aromatic N) is 1. The SMILES string of the molecule is COC(=O)C(Br)COc1c(Br)cccc1[N+](=O)[O-]. The number of hydrogen-bond donors (Lipinski definition) is 0. The highest BCUT2D eigenvalue weighted by Gasteiger charge is 2.21. The summed E-state index contributed by atoms with van der Waals surface area (Å²) in [6, 6.07) is 4.46. The van der Waals surface area contributed by atoms with Crippen molar-refractivity contribution >= 4 is 43.5 Å². The van der Waals surface area contributed by atoms with Crippen LogP contribution >= 0.6 is 31.9 Å². The standard InChI is InChI=1S/C10H9Br2NO5/c1-17-10(14)7(12)5-18-9-6(11)3-2-4-8(9)13(15)16/h2-4,7H,5H2,1H3. The molecule has 0 aliphatic rings. The van der Waals surface area contributed by atoms with Gasteiger partial charge in [0.15, 0.2) is 0 Å². The summed E-state index contributed by atoms with van der Waals surface area (Å²) in [5, 5.41) is 10.8.